The molecule has 0 bridgehead atoms. The number of nitrogens with one attached hydrogen (secondary N) is 2. The van der Waals surface area contributed by atoms with Gasteiger partial charge in [-0.3, -0.25) is 4.72 Å². The Labute approximate surface area is 102 Å². The number of imidazole rings is 1. The molecule has 0 aliphatic heterocycles. The van der Waals surface area contributed by atoms with Crippen molar-refractivity contribution in [2.24, 2.45) is 0 Å². The standard InChI is InChI=1S/C10H7FN4O2S/c11-9-2-1-8(3-7(9)4-12)15-18(16,17)10-5-13-6-14-10/h1-3,5-6,15H,(H,13,14). The van der Waals surface area contributed by atoms with E-state index in [2.05, 4.69) is 14.7 Å². The van der Waals surface area contributed by atoms with Gasteiger partial charge in [0.15, 0.2) is 5.03 Å². The van der Waals surface area contributed by atoms with Gasteiger partial charge in [-0.2, -0.15) is 13.7 Å². The fourth-order valence-corrected chi connectivity index (χ4v) is 2.23. The third-order valence-electron chi connectivity index (χ3n) is 2.10. The van der Waals surface area contributed by atoms with Gasteiger partial charge in [0, 0.05) is 0 Å². The molecule has 0 saturated carbocycles. The number of halogens is 1. The Bertz CT molecular complexity index is 704. The normalized spacial score (nSPS) is 10.9. The molecule has 1 aromatic carbocycles. The lowest BCUT2D eigenvalue weighted by Crippen LogP contribution is -2.13. The van der Waals surface area contributed by atoms with Crippen LogP contribution in [0.4, 0.5) is 10.1 Å². The molecule has 92 valence electrons. The average Bonchev–Trinajstić information content (AvgIpc) is 2.85. The van der Waals surface area contributed by atoms with E-state index in [4.69, 9.17) is 5.26 Å². The smallest absolute Gasteiger partial charge is 0.278 e. The first-order valence-electron chi connectivity index (χ1n) is 4.74. The van der Waals surface area contributed by atoms with Crippen LogP contribution in [-0.2, 0) is 10.0 Å². The highest BCUT2D eigenvalue weighted by molar-refractivity contribution is 7.92. The molecule has 6 nitrogen and oxygen atoms in total. The maximum atomic E-state index is 13.1. The van der Waals surface area contributed by atoms with E-state index in [0.29, 0.717) is 0 Å². The van der Waals surface area contributed by atoms with E-state index >= 15 is 0 Å². The molecule has 0 unspecified atom stereocenters. The van der Waals surface area contributed by atoms with E-state index in [1.54, 1.807) is 6.07 Å². The molecule has 0 fully saturated rings. The Hall–Kier alpha value is -2.40. The monoisotopic (exact) mass is 266 g/mol. The number of nitriles is 1. The maximum absolute atomic E-state index is 13.1. The van der Waals surface area contributed by atoms with Crippen LogP contribution in [0.15, 0.2) is 35.7 Å². The highest BCUT2D eigenvalue weighted by Gasteiger charge is 2.16. The molecule has 1 aromatic heterocycles. The summed E-state index contributed by atoms with van der Waals surface area (Å²) in [5.74, 6) is -0.706. The summed E-state index contributed by atoms with van der Waals surface area (Å²) < 4.78 is 38.8. The molecule has 0 radical (unpaired) electrons. The topological polar surface area (TPSA) is 98.6 Å². The van der Waals surface area contributed by atoms with E-state index in [1.807, 2.05) is 0 Å². The zero-order valence-corrected chi connectivity index (χ0v) is 9.70. The number of rotatable bonds is 3. The van der Waals surface area contributed by atoms with E-state index in [0.717, 1.165) is 18.3 Å². The van der Waals surface area contributed by atoms with Gasteiger partial charge in [0.25, 0.3) is 10.0 Å². The average molecular weight is 266 g/mol. The lowest BCUT2D eigenvalue weighted by atomic mass is 10.2. The number of sulfonamides is 1. The third kappa shape index (κ3) is 2.31. The van der Waals surface area contributed by atoms with Crippen molar-refractivity contribution in [2.75, 3.05) is 4.72 Å². The summed E-state index contributed by atoms with van der Waals surface area (Å²) in [5.41, 5.74) is -0.137. The van der Waals surface area contributed by atoms with Crippen LogP contribution in [0.5, 0.6) is 0 Å². The molecule has 8 heteroatoms. The zero-order chi connectivity index (χ0) is 13.2. The van der Waals surface area contributed by atoms with Crippen LogP contribution in [-0.4, -0.2) is 18.4 Å². The Morgan fingerprint density at radius 1 is 1.44 bits per heavy atom. The summed E-state index contributed by atoms with van der Waals surface area (Å²) in [6.45, 7) is 0. The van der Waals surface area contributed by atoms with E-state index in [-0.39, 0.29) is 16.3 Å². The predicted molar refractivity (Wildman–Crippen MR) is 60.5 cm³/mol. The number of anilines is 1. The van der Waals surface area contributed by atoms with Crippen LogP contribution in [0.2, 0.25) is 0 Å². The van der Waals surface area contributed by atoms with E-state index in [9.17, 15) is 12.8 Å². The Morgan fingerprint density at radius 2 is 2.22 bits per heavy atom. The first kappa shape index (κ1) is 12.1. The largest absolute Gasteiger partial charge is 0.334 e. The van der Waals surface area contributed by atoms with Crippen molar-refractivity contribution in [3.63, 3.8) is 0 Å². The van der Waals surface area contributed by atoms with Gasteiger partial charge >= 0.3 is 0 Å². The van der Waals surface area contributed by atoms with Crippen molar-refractivity contribution >= 4 is 15.7 Å². The Balaban J connectivity index is 2.34. The van der Waals surface area contributed by atoms with Gasteiger partial charge in [0.1, 0.15) is 11.9 Å². The molecule has 0 spiro atoms. The molecule has 2 rings (SSSR count). The molecule has 0 aliphatic carbocycles. The molecule has 18 heavy (non-hydrogen) atoms. The molecular formula is C10H7FN4O2S. The number of nitrogens with zero attached hydrogens (tertiary/aromatic N) is 2. The van der Waals surface area contributed by atoms with Crippen LogP contribution >= 0.6 is 0 Å². The minimum atomic E-state index is -3.81. The van der Waals surface area contributed by atoms with Crippen LogP contribution in [0, 0.1) is 17.1 Å². The lowest BCUT2D eigenvalue weighted by Gasteiger charge is -2.06. The predicted octanol–water partition coefficient (Wildman–Crippen LogP) is 1.22. The van der Waals surface area contributed by atoms with Crippen molar-refractivity contribution in [1.29, 1.82) is 5.26 Å². The minimum Gasteiger partial charge on any atom is -0.334 e. The SMILES string of the molecule is N#Cc1cc(NS(=O)(=O)c2cnc[nH]2)ccc1F. The van der Waals surface area contributed by atoms with Crippen LogP contribution < -0.4 is 4.72 Å². The molecular weight excluding hydrogens is 259 g/mol. The number of hydrogen-bond donors (Lipinski definition) is 2. The number of aromatic amines is 1. The van der Waals surface area contributed by atoms with Crippen molar-refractivity contribution in [2.45, 2.75) is 5.03 Å². The van der Waals surface area contributed by atoms with E-state index < -0.39 is 15.8 Å². The molecule has 1 heterocycles. The van der Waals surface area contributed by atoms with Crippen molar-refractivity contribution in [1.82, 2.24) is 9.97 Å². The summed E-state index contributed by atoms with van der Waals surface area (Å²) in [7, 11) is -3.81. The number of H-pyrrole nitrogens is 1. The Morgan fingerprint density at radius 3 is 2.83 bits per heavy atom. The summed E-state index contributed by atoms with van der Waals surface area (Å²) >= 11 is 0. The van der Waals surface area contributed by atoms with Crippen molar-refractivity contribution < 1.29 is 12.8 Å². The van der Waals surface area contributed by atoms with Crippen molar-refractivity contribution in [3.05, 3.63) is 42.1 Å². The quantitative estimate of drug-likeness (QED) is 0.872. The second kappa shape index (κ2) is 4.46. The number of hydrogen-bond acceptors (Lipinski definition) is 4. The van der Waals surface area contributed by atoms with E-state index in [1.165, 1.54) is 12.4 Å². The van der Waals surface area contributed by atoms with Gasteiger partial charge in [-0.1, -0.05) is 0 Å². The molecule has 0 saturated heterocycles. The van der Waals surface area contributed by atoms with Gasteiger partial charge < -0.3 is 4.98 Å². The fourth-order valence-electron chi connectivity index (χ4n) is 1.27. The zero-order valence-electron chi connectivity index (χ0n) is 8.88. The van der Waals surface area contributed by atoms with Gasteiger partial charge in [-0.15, -0.1) is 0 Å². The van der Waals surface area contributed by atoms with Gasteiger partial charge in [-0.25, -0.2) is 9.37 Å². The first-order chi connectivity index (χ1) is 8.53. The summed E-state index contributed by atoms with van der Waals surface area (Å²) in [4.78, 5) is 6.03. The van der Waals surface area contributed by atoms with Crippen molar-refractivity contribution in [3.8, 4) is 6.07 Å². The van der Waals surface area contributed by atoms with Gasteiger partial charge in [0.2, 0.25) is 0 Å². The molecule has 0 atom stereocenters. The summed E-state index contributed by atoms with van der Waals surface area (Å²) in [5, 5.41) is 8.52. The van der Waals surface area contributed by atoms with Crippen LogP contribution in [0.1, 0.15) is 5.56 Å². The molecule has 0 amide bonds. The molecule has 2 aromatic rings. The molecule has 2 N–H and O–H groups in total. The fraction of sp³-hybridized carbons (Fsp3) is 0. The highest BCUT2D eigenvalue weighted by atomic mass is 32.2. The summed E-state index contributed by atoms with van der Waals surface area (Å²) in [6.07, 6.45) is 2.36. The summed E-state index contributed by atoms with van der Waals surface area (Å²) in [6, 6.07) is 4.98. The van der Waals surface area contributed by atoms with Gasteiger partial charge in [-0.05, 0) is 18.2 Å². The third-order valence-corrected chi connectivity index (χ3v) is 3.41. The van der Waals surface area contributed by atoms with Crippen LogP contribution in [0.3, 0.4) is 0 Å². The highest BCUT2D eigenvalue weighted by Crippen LogP contribution is 2.17. The lowest BCUT2D eigenvalue weighted by molar-refractivity contribution is 0.598. The number of benzene rings is 1. The minimum absolute atomic E-state index is 0.0996. The molecule has 0 aliphatic rings. The van der Waals surface area contributed by atoms with Gasteiger partial charge in [0.05, 0.1) is 23.8 Å². The Kier molecular flexibility index (Phi) is 2.99. The maximum Gasteiger partial charge on any atom is 0.278 e. The second-order valence-corrected chi connectivity index (χ2v) is 4.98. The second-order valence-electron chi connectivity index (χ2n) is 3.33. The van der Waals surface area contributed by atoms with Crippen LogP contribution in [0.25, 0.3) is 0 Å². The number of aromatic nitrogens is 2. The first-order valence-corrected chi connectivity index (χ1v) is 6.22.